The number of aryl methyl sites for hydroxylation is 1. The van der Waals surface area contributed by atoms with Gasteiger partial charge in [-0.2, -0.15) is 4.98 Å². The second-order valence-corrected chi connectivity index (χ2v) is 4.90. The SMILES string of the molecule is Cc1noc(CNC(=O)N2CCCN(CC(=O)O)CC2)n1. The molecule has 1 aliphatic heterocycles. The zero-order chi connectivity index (χ0) is 15.2. The zero-order valence-corrected chi connectivity index (χ0v) is 11.9. The fourth-order valence-corrected chi connectivity index (χ4v) is 2.20. The normalized spacial score (nSPS) is 16.5. The summed E-state index contributed by atoms with van der Waals surface area (Å²) >= 11 is 0. The second-order valence-electron chi connectivity index (χ2n) is 4.90. The molecule has 0 aliphatic carbocycles. The van der Waals surface area contributed by atoms with Gasteiger partial charge in [-0.15, -0.1) is 0 Å². The van der Waals surface area contributed by atoms with Crippen LogP contribution in [0.25, 0.3) is 0 Å². The minimum Gasteiger partial charge on any atom is -0.480 e. The number of aromatic nitrogens is 2. The number of carbonyl (C=O) groups is 2. The standard InChI is InChI=1S/C12H19N5O4/c1-9-14-10(21-15-9)7-13-12(20)17-4-2-3-16(5-6-17)8-11(18)19/h2-8H2,1H3,(H,13,20)(H,18,19). The molecule has 2 rings (SSSR count). The minimum atomic E-state index is -0.848. The van der Waals surface area contributed by atoms with Crippen molar-refractivity contribution in [3.63, 3.8) is 0 Å². The number of aliphatic carboxylic acids is 1. The molecule has 9 heteroatoms. The van der Waals surface area contributed by atoms with E-state index in [0.29, 0.717) is 37.9 Å². The van der Waals surface area contributed by atoms with Crippen LogP contribution in [0.15, 0.2) is 4.52 Å². The van der Waals surface area contributed by atoms with E-state index in [1.807, 2.05) is 4.90 Å². The van der Waals surface area contributed by atoms with Crippen LogP contribution in [-0.4, -0.2) is 69.8 Å². The van der Waals surface area contributed by atoms with Crippen LogP contribution < -0.4 is 5.32 Å². The summed E-state index contributed by atoms with van der Waals surface area (Å²) in [5.41, 5.74) is 0. The molecule has 0 atom stereocenters. The van der Waals surface area contributed by atoms with E-state index in [1.165, 1.54) is 0 Å². The summed E-state index contributed by atoms with van der Waals surface area (Å²) in [5, 5.41) is 15.2. The number of rotatable bonds is 4. The van der Waals surface area contributed by atoms with Crippen LogP contribution >= 0.6 is 0 Å². The Morgan fingerprint density at radius 3 is 2.81 bits per heavy atom. The van der Waals surface area contributed by atoms with Crippen molar-refractivity contribution in [2.45, 2.75) is 19.9 Å². The lowest BCUT2D eigenvalue weighted by Crippen LogP contribution is -2.42. The summed E-state index contributed by atoms with van der Waals surface area (Å²) in [7, 11) is 0. The van der Waals surface area contributed by atoms with Crippen molar-refractivity contribution in [1.82, 2.24) is 25.3 Å². The fourth-order valence-electron chi connectivity index (χ4n) is 2.20. The maximum absolute atomic E-state index is 12.0. The van der Waals surface area contributed by atoms with Crippen molar-refractivity contribution in [2.75, 3.05) is 32.7 Å². The van der Waals surface area contributed by atoms with Crippen LogP contribution in [0.3, 0.4) is 0 Å². The van der Waals surface area contributed by atoms with Crippen molar-refractivity contribution in [2.24, 2.45) is 0 Å². The Morgan fingerprint density at radius 2 is 2.14 bits per heavy atom. The van der Waals surface area contributed by atoms with Crippen molar-refractivity contribution >= 4 is 12.0 Å². The van der Waals surface area contributed by atoms with Crippen molar-refractivity contribution in [3.8, 4) is 0 Å². The van der Waals surface area contributed by atoms with Crippen molar-refractivity contribution in [1.29, 1.82) is 0 Å². The molecule has 116 valence electrons. The molecule has 2 heterocycles. The topological polar surface area (TPSA) is 112 Å². The second kappa shape index (κ2) is 7.02. The number of nitrogens with zero attached hydrogens (tertiary/aromatic N) is 4. The number of carboxylic acids is 1. The number of amides is 2. The van der Waals surface area contributed by atoms with Crippen LogP contribution in [-0.2, 0) is 11.3 Å². The number of hydrogen-bond donors (Lipinski definition) is 2. The zero-order valence-electron chi connectivity index (χ0n) is 11.9. The quantitative estimate of drug-likeness (QED) is 0.783. The summed E-state index contributed by atoms with van der Waals surface area (Å²) in [6, 6.07) is -0.206. The molecule has 9 nitrogen and oxygen atoms in total. The van der Waals surface area contributed by atoms with Gasteiger partial charge >= 0.3 is 12.0 Å². The molecular formula is C12H19N5O4. The summed E-state index contributed by atoms with van der Waals surface area (Å²) in [6.45, 7) is 4.25. The lowest BCUT2D eigenvalue weighted by molar-refractivity contribution is -0.138. The van der Waals surface area contributed by atoms with Crippen molar-refractivity contribution in [3.05, 3.63) is 11.7 Å². The Morgan fingerprint density at radius 1 is 1.33 bits per heavy atom. The number of nitrogens with one attached hydrogen (secondary N) is 1. The molecule has 0 aromatic carbocycles. The molecule has 1 aromatic rings. The molecule has 2 N–H and O–H groups in total. The first-order chi connectivity index (χ1) is 10.0. The molecule has 0 bridgehead atoms. The maximum atomic E-state index is 12.0. The predicted octanol–water partition coefficient (Wildman–Crippen LogP) is -0.320. The van der Waals surface area contributed by atoms with Gasteiger partial charge in [-0.05, 0) is 13.3 Å². The van der Waals surface area contributed by atoms with Crippen LogP contribution in [0, 0.1) is 6.92 Å². The molecule has 0 spiro atoms. The van der Waals surface area contributed by atoms with Gasteiger partial charge in [-0.1, -0.05) is 5.16 Å². The highest BCUT2D eigenvalue weighted by Crippen LogP contribution is 2.04. The van der Waals surface area contributed by atoms with Crippen LogP contribution in [0.2, 0.25) is 0 Å². The number of hydrogen-bond acceptors (Lipinski definition) is 6. The van der Waals surface area contributed by atoms with Gasteiger partial charge in [0.25, 0.3) is 0 Å². The lowest BCUT2D eigenvalue weighted by atomic mass is 10.4. The molecule has 0 radical (unpaired) electrons. The molecule has 1 saturated heterocycles. The maximum Gasteiger partial charge on any atom is 0.317 e. The highest BCUT2D eigenvalue weighted by molar-refractivity contribution is 5.74. The molecule has 1 aliphatic rings. The van der Waals surface area contributed by atoms with Gasteiger partial charge in [0.05, 0.1) is 13.1 Å². The summed E-state index contributed by atoms with van der Waals surface area (Å²) in [6.07, 6.45) is 0.750. The van der Waals surface area contributed by atoms with E-state index in [4.69, 9.17) is 9.63 Å². The van der Waals surface area contributed by atoms with Gasteiger partial charge in [0.15, 0.2) is 5.82 Å². The lowest BCUT2D eigenvalue weighted by Gasteiger charge is -2.21. The average Bonchev–Trinajstić information content (AvgIpc) is 2.70. The number of urea groups is 1. The highest BCUT2D eigenvalue weighted by Gasteiger charge is 2.20. The fraction of sp³-hybridized carbons (Fsp3) is 0.667. The van der Waals surface area contributed by atoms with Gasteiger partial charge < -0.3 is 19.8 Å². The Labute approximate surface area is 121 Å². The van der Waals surface area contributed by atoms with Gasteiger partial charge in [-0.25, -0.2) is 4.79 Å². The first-order valence-corrected chi connectivity index (χ1v) is 6.80. The predicted molar refractivity (Wildman–Crippen MR) is 71.5 cm³/mol. The van der Waals surface area contributed by atoms with Gasteiger partial charge in [0, 0.05) is 26.2 Å². The molecule has 2 amide bonds. The van der Waals surface area contributed by atoms with E-state index in [0.717, 1.165) is 6.42 Å². The summed E-state index contributed by atoms with van der Waals surface area (Å²) in [5.74, 6) is 0.0428. The van der Waals surface area contributed by atoms with Crippen LogP contribution in [0.4, 0.5) is 4.79 Å². The summed E-state index contributed by atoms with van der Waals surface area (Å²) in [4.78, 5) is 30.3. The Hall–Kier alpha value is -2.16. The first-order valence-electron chi connectivity index (χ1n) is 6.80. The summed E-state index contributed by atoms with van der Waals surface area (Å²) < 4.78 is 4.92. The van der Waals surface area contributed by atoms with E-state index in [-0.39, 0.29) is 19.1 Å². The first kappa shape index (κ1) is 15.2. The molecule has 21 heavy (non-hydrogen) atoms. The monoisotopic (exact) mass is 297 g/mol. The smallest absolute Gasteiger partial charge is 0.317 e. The minimum absolute atomic E-state index is 0.0106. The highest BCUT2D eigenvalue weighted by atomic mass is 16.5. The Bertz CT molecular complexity index is 504. The third-order valence-electron chi connectivity index (χ3n) is 3.20. The molecular weight excluding hydrogens is 278 g/mol. The molecule has 1 fully saturated rings. The third-order valence-corrected chi connectivity index (χ3v) is 3.20. The molecule has 1 aromatic heterocycles. The van der Waals surface area contributed by atoms with E-state index >= 15 is 0 Å². The van der Waals surface area contributed by atoms with Gasteiger partial charge in [0.2, 0.25) is 5.89 Å². The van der Waals surface area contributed by atoms with E-state index in [9.17, 15) is 9.59 Å². The third kappa shape index (κ3) is 4.71. The van der Waals surface area contributed by atoms with Crippen molar-refractivity contribution < 1.29 is 19.2 Å². The Balaban J connectivity index is 1.78. The number of carbonyl (C=O) groups excluding carboxylic acids is 1. The number of carboxylic acid groups (broad SMARTS) is 1. The van der Waals surface area contributed by atoms with Gasteiger partial charge in [0.1, 0.15) is 0 Å². The van der Waals surface area contributed by atoms with Crippen LogP contribution in [0.5, 0.6) is 0 Å². The van der Waals surface area contributed by atoms with Crippen LogP contribution in [0.1, 0.15) is 18.1 Å². The van der Waals surface area contributed by atoms with E-state index in [2.05, 4.69) is 15.5 Å². The average molecular weight is 297 g/mol. The van der Waals surface area contributed by atoms with E-state index in [1.54, 1.807) is 11.8 Å². The molecule has 0 unspecified atom stereocenters. The van der Waals surface area contributed by atoms with Gasteiger partial charge in [-0.3, -0.25) is 9.69 Å². The Kier molecular flexibility index (Phi) is 5.09. The largest absolute Gasteiger partial charge is 0.480 e. The van der Waals surface area contributed by atoms with E-state index < -0.39 is 5.97 Å². The molecule has 0 saturated carbocycles.